The smallest absolute Gasteiger partial charge is 0.171 e. The summed E-state index contributed by atoms with van der Waals surface area (Å²) in [7, 11) is 0. The highest BCUT2D eigenvalue weighted by Crippen LogP contribution is 2.07. The number of ether oxygens (including phenoxy) is 1. The molecule has 0 aliphatic carbocycles. The van der Waals surface area contributed by atoms with E-state index in [4.69, 9.17) is 4.74 Å². The van der Waals surface area contributed by atoms with Gasteiger partial charge in [-0.3, -0.25) is 4.79 Å². The van der Waals surface area contributed by atoms with Crippen molar-refractivity contribution < 1.29 is 9.53 Å². The van der Waals surface area contributed by atoms with Gasteiger partial charge in [0.1, 0.15) is 6.61 Å². The first-order valence-corrected chi connectivity index (χ1v) is 3.11. The van der Waals surface area contributed by atoms with Gasteiger partial charge >= 0.3 is 0 Å². The summed E-state index contributed by atoms with van der Waals surface area (Å²) in [5.74, 6) is 0.111. The number of carbonyl (C=O) groups is 1. The molecular weight excluding hydrogens is 124 g/mol. The van der Waals surface area contributed by atoms with Crippen LogP contribution in [-0.4, -0.2) is 24.2 Å². The van der Waals surface area contributed by atoms with Crippen LogP contribution in [0.5, 0.6) is 0 Å². The second-order valence-electron chi connectivity index (χ2n) is 1.82. The molecule has 1 rings (SSSR count). The fourth-order valence-corrected chi connectivity index (χ4v) is 0.805. The Bertz CT molecular complexity index is 103. The zero-order valence-corrected chi connectivity index (χ0v) is 5.36. The predicted octanol–water partition coefficient (Wildman–Crippen LogP) is 0.274. The van der Waals surface area contributed by atoms with Gasteiger partial charge in [0.2, 0.25) is 0 Å². The molecule has 8 heavy (non-hydrogen) atoms. The number of hydrogen-bond donors (Lipinski definition) is 1. The van der Waals surface area contributed by atoms with Crippen molar-refractivity contribution in [3.63, 3.8) is 0 Å². The van der Waals surface area contributed by atoms with Crippen LogP contribution in [-0.2, 0) is 9.53 Å². The van der Waals surface area contributed by atoms with Crippen LogP contribution in [0.4, 0.5) is 0 Å². The molecule has 0 saturated carbocycles. The van der Waals surface area contributed by atoms with Crippen molar-refractivity contribution in [2.24, 2.45) is 0 Å². The average molecular weight is 132 g/mol. The van der Waals surface area contributed by atoms with Gasteiger partial charge in [0, 0.05) is 6.61 Å². The van der Waals surface area contributed by atoms with E-state index in [0.717, 1.165) is 6.42 Å². The maximum absolute atomic E-state index is 10.6. The normalized spacial score (nSPS) is 30.6. The van der Waals surface area contributed by atoms with Gasteiger partial charge in [-0.2, -0.15) is 12.6 Å². The van der Waals surface area contributed by atoms with Gasteiger partial charge in [0.15, 0.2) is 5.78 Å². The van der Waals surface area contributed by atoms with Gasteiger partial charge < -0.3 is 4.74 Å². The van der Waals surface area contributed by atoms with Crippen molar-refractivity contribution in [1.29, 1.82) is 0 Å². The summed E-state index contributed by atoms with van der Waals surface area (Å²) in [6.45, 7) is 0.939. The van der Waals surface area contributed by atoms with Crippen molar-refractivity contribution in [2.45, 2.75) is 11.7 Å². The Balaban J connectivity index is 2.39. The Hall–Kier alpha value is -0.0200. The average Bonchev–Trinajstić information content (AvgIpc) is 1.77. The number of Topliss-reactive ketones (excluding diaryl/α,β-unsaturated/α-hetero) is 1. The number of ketones is 1. The van der Waals surface area contributed by atoms with Crippen LogP contribution in [0.1, 0.15) is 6.42 Å². The van der Waals surface area contributed by atoms with Crippen molar-refractivity contribution in [3.05, 3.63) is 0 Å². The molecule has 1 fully saturated rings. The maximum Gasteiger partial charge on any atom is 0.171 e. The van der Waals surface area contributed by atoms with Gasteiger partial charge in [-0.1, -0.05) is 0 Å². The highest BCUT2D eigenvalue weighted by Gasteiger charge is 2.17. The van der Waals surface area contributed by atoms with E-state index in [1.54, 1.807) is 0 Å². The maximum atomic E-state index is 10.6. The molecule has 1 heterocycles. The second-order valence-corrected chi connectivity index (χ2v) is 2.45. The van der Waals surface area contributed by atoms with E-state index in [1.165, 1.54) is 0 Å². The third kappa shape index (κ3) is 1.23. The molecule has 0 aromatic carbocycles. The standard InChI is InChI=1S/C5H8O2S/c6-4-3-7-2-1-5(4)8/h5,8H,1-3H2. The van der Waals surface area contributed by atoms with Crippen LogP contribution in [0.2, 0.25) is 0 Å². The zero-order chi connectivity index (χ0) is 5.98. The van der Waals surface area contributed by atoms with Crippen molar-refractivity contribution in [3.8, 4) is 0 Å². The Morgan fingerprint density at radius 1 is 1.75 bits per heavy atom. The molecule has 0 amide bonds. The lowest BCUT2D eigenvalue weighted by molar-refractivity contribution is -0.126. The fourth-order valence-electron chi connectivity index (χ4n) is 0.625. The molecular formula is C5H8O2S. The summed E-state index contributed by atoms with van der Waals surface area (Å²) in [6.07, 6.45) is 0.766. The van der Waals surface area contributed by atoms with Crippen molar-refractivity contribution in [1.82, 2.24) is 0 Å². The van der Waals surface area contributed by atoms with Crippen LogP contribution in [0, 0.1) is 0 Å². The molecule has 1 saturated heterocycles. The van der Waals surface area contributed by atoms with Crippen LogP contribution in [0.15, 0.2) is 0 Å². The largest absolute Gasteiger partial charge is 0.374 e. The molecule has 1 aliphatic rings. The topological polar surface area (TPSA) is 26.3 Å². The van der Waals surface area contributed by atoms with Crippen LogP contribution >= 0.6 is 12.6 Å². The van der Waals surface area contributed by atoms with Gasteiger partial charge in [-0.25, -0.2) is 0 Å². The van der Waals surface area contributed by atoms with Crippen molar-refractivity contribution >= 4 is 18.4 Å². The molecule has 2 nitrogen and oxygen atoms in total. The molecule has 1 aliphatic heterocycles. The number of thiol groups is 1. The summed E-state index contributed by atoms with van der Waals surface area (Å²) in [4.78, 5) is 10.6. The minimum Gasteiger partial charge on any atom is -0.374 e. The highest BCUT2D eigenvalue weighted by molar-refractivity contribution is 7.81. The molecule has 0 radical (unpaired) electrons. The first-order valence-electron chi connectivity index (χ1n) is 2.59. The van der Waals surface area contributed by atoms with E-state index in [-0.39, 0.29) is 17.6 Å². The molecule has 0 aromatic rings. The van der Waals surface area contributed by atoms with Gasteiger partial charge in [-0.05, 0) is 6.42 Å². The summed E-state index contributed by atoms with van der Waals surface area (Å²) >= 11 is 4.03. The Morgan fingerprint density at radius 3 is 2.88 bits per heavy atom. The lowest BCUT2D eigenvalue weighted by atomic mass is 10.2. The van der Waals surface area contributed by atoms with Crippen LogP contribution < -0.4 is 0 Å². The van der Waals surface area contributed by atoms with Gasteiger partial charge in [-0.15, -0.1) is 0 Å². The molecule has 1 unspecified atom stereocenters. The SMILES string of the molecule is O=C1COCCC1S. The van der Waals surface area contributed by atoms with E-state index < -0.39 is 0 Å². The van der Waals surface area contributed by atoms with E-state index in [2.05, 4.69) is 12.6 Å². The molecule has 0 bridgehead atoms. The van der Waals surface area contributed by atoms with Crippen molar-refractivity contribution in [2.75, 3.05) is 13.2 Å². The minimum atomic E-state index is -0.0660. The third-order valence-electron chi connectivity index (χ3n) is 1.15. The quantitative estimate of drug-likeness (QED) is 0.479. The van der Waals surface area contributed by atoms with E-state index >= 15 is 0 Å². The number of carbonyl (C=O) groups excluding carboxylic acids is 1. The summed E-state index contributed by atoms with van der Waals surface area (Å²) in [6, 6.07) is 0. The fraction of sp³-hybridized carbons (Fsp3) is 0.800. The first kappa shape index (κ1) is 6.11. The van der Waals surface area contributed by atoms with E-state index in [1.807, 2.05) is 0 Å². The van der Waals surface area contributed by atoms with Crippen LogP contribution in [0.25, 0.3) is 0 Å². The summed E-state index contributed by atoms with van der Waals surface area (Å²) in [5.41, 5.74) is 0. The zero-order valence-electron chi connectivity index (χ0n) is 4.46. The summed E-state index contributed by atoms with van der Waals surface area (Å²) < 4.78 is 4.85. The minimum absolute atomic E-state index is 0.0660. The molecule has 0 N–H and O–H groups in total. The highest BCUT2D eigenvalue weighted by atomic mass is 32.1. The lowest BCUT2D eigenvalue weighted by Crippen LogP contribution is -2.27. The summed E-state index contributed by atoms with van der Waals surface area (Å²) in [5, 5.41) is -0.0660. The predicted molar refractivity (Wildman–Crippen MR) is 33.2 cm³/mol. The number of rotatable bonds is 0. The lowest BCUT2D eigenvalue weighted by Gasteiger charge is -2.14. The molecule has 46 valence electrons. The Labute approximate surface area is 53.6 Å². The second kappa shape index (κ2) is 2.51. The Morgan fingerprint density at radius 2 is 2.50 bits per heavy atom. The number of hydrogen-bond acceptors (Lipinski definition) is 3. The first-order chi connectivity index (χ1) is 3.80. The van der Waals surface area contributed by atoms with E-state index in [0.29, 0.717) is 6.61 Å². The third-order valence-corrected chi connectivity index (χ3v) is 1.70. The molecule has 1 atom stereocenters. The van der Waals surface area contributed by atoms with Gasteiger partial charge in [0.05, 0.1) is 5.25 Å². The molecule has 3 heteroatoms. The molecule has 0 aromatic heterocycles. The van der Waals surface area contributed by atoms with Gasteiger partial charge in [0.25, 0.3) is 0 Å². The van der Waals surface area contributed by atoms with E-state index in [9.17, 15) is 4.79 Å². The van der Waals surface area contributed by atoms with Crippen LogP contribution in [0.3, 0.4) is 0 Å². The Kier molecular flexibility index (Phi) is 1.91. The monoisotopic (exact) mass is 132 g/mol. The molecule has 0 spiro atoms.